The highest BCUT2D eigenvalue weighted by molar-refractivity contribution is 7.99. The molecule has 2 rings (SSSR count). The van der Waals surface area contributed by atoms with Crippen LogP contribution >= 0.6 is 23.4 Å². The zero-order valence-electron chi connectivity index (χ0n) is 9.86. The largest absolute Gasteiger partial charge is 0.388 e. The molecule has 0 radical (unpaired) electrons. The Morgan fingerprint density at radius 2 is 2.22 bits per heavy atom. The molecule has 1 aromatic rings. The first-order valence-electron chi connectivity index (χ1n) is 5.79. The number of nitrogens with one attached hydrogen (secondary N) is 1. The summed E-state index contributed by atoms with van der Waals surface area (Å²) < 4.78 is 0. The van der Waals surface area contributed by atoms with Crippen molar-refractivity contribution < 1.29 is 9.90 Å². The number of hydrogen-bond donors (Lipinski definition) is 2. The third-order valence-electron chi connectivity index (χ3n) is 2.99. The van der Waals surface area contributed by atoms with Crippen LogP contribution in [0.15, 0.2) is 18.3 Å². The molecule has 0 unspecified atom stereocenters. The van der Waals surface area contributed by atoms with Gasteiger partial charge in [0.1, 0.15) is 5.15 Å². The van der Waals surface area contributed by atoms with E-state index in [1.807, 2.05) is 11.8 Å². The molecule has 1 saturated heterocycles. The number of aromatic nitrogens is 1. The summed E-state index contributed by atoms with van der Waals surface area (Å²) in [6, 6.07) is 3.19. The molecular weight excluding hydrogens is 272 g/mol. The van der Waals surface area contributed by atoms with Crippen LogP contribution < -0.4 is 5.32 Å². The molecule has 2 heterocycles. The van der Waals surface area contributed by atoms with Crippen molar-refractivity contribution in [1.82, 2.24) is 10.3 Å². The second-order valence-corrected chi connectivity index (χ2v) is 6.00. The second-order valence-electron chi connectivity index (χ2n) is 4.39. The minimum Gasteiger partial charge on any atom is -0.388 e. The van der Waals surface area contributed by atoms with Crippen molar-refractivity contribution in [3.05, 3.63) is 29.0 Å². The Labute approximate surface area is 115 Å². The number of pyridine rings is 1. The monoisotopic (exact) mass is 286 g/mol. The normalized spacial score (nSPS) is 18.3. The summed E-state index contributed by atoms with van der Waals surface area (Å²) in [6.45, 7) is 0.287. The van der Waals surface area contributed by atoms with E-state index in [0.29, 0.717) is 10.7 Å². The van der Waals surface area contributed by atoms with Gasteiger partial charge in [-0.3, -0.25) is 4.79 Å². The smallest absolute Gasteiger partial charge is 0.252 e. The fourth-order valence-electron chi connectivity index (χ4n) is 1.79. The van der Waals surface area contributed by atoms with E-state index in [1.165, 1.54) is 6.20 Å². The van der Waals surface area contributed by atoms with E-state index in [1.54, 1.807) is 12.1 Å². The molecule has 1 fully saturated rings. The quantitative estimate of drug-likeness (QED) is 0.831. The van der Waals surface area contributed by atoms with Crippen molar-refractivity contribution in [2.75, 3.05) is 18.1 Å². The Morgan fingerprint density at radius 3 is 2.83 bits per heavy atom. The van der Waals surface area contributed by atoms with Gasteiger partial charge in [-0.1, -0.05) is 11.6 Å². The highest BCUT2D eigenvalue weighted by Crippen LogP contribution is 2.26. The summed E-state index contributed by atoms with van der Waals surface area (Å²) >= 11 is 7.48. The molecule has 0 saturated carbocycles. The van der Waals surface area contributed by atoms with Crippen molar-refractivity contribution in [2.45, 2.75) is 18.4 Å². The first-order chi connectivity index (χ1) is 8.59. The number of thioether (sulfide) groups is 1. The van der Waals surface area contributed by atoms with Crippen molar-refractivity contribution in [3.8, 4) is 0 Å². The molecule has 98 valence electrons. The lowest BCUT2D eigenvalue weighted by molar-refractivity contribution is 0.0311. The number of amides is 1. The first-order valence-corrected chi connectivity index (χ1v) is 7.32. The predicted octanol–water partition coefficient (Wildman–Crippen LogP) is 1.72. The molecule has 0 atom stereocenters. The lowest BCUT2D eigenvalue weighted by atomic mass is 9.97. The molecule has 1 aliphatic heterocycles. The average molecular weight is 287 g/mol. The summed E-state index contributed by atoms with van der Waals surface area (Å²) in [5.41, 5.74) is -0.311. The van der Waals surface area contributed by atoms with Crippen LogP contribution in [0.3, 0.4) is 0 Å². The van der Waals surface area contributed by atoms with Crippen molar-refractivity contribution in [3.63, 3.8) is 0 Å². The Morgan fingerprint density at radius 1 is 1.50 bits per heavy atom. The number of nitrogens with zero attached hydrogens (tertiary/aromatic N) is 1. The van der Waals surface area contributed by atoms with Gasteiger partial charge in [0, 0.05) is 12.7 Å². The van der Waals surface area contributed by atoms with E-state index < -0.39 is 5.60 Å². The Bertz CT molecular complexity index is 419. The highest BCUT2D eigenvalue weighted by atomic mass is 35.5. The molecule has 2 N–H and O–H groups in total. The number of aliphatic hydroxyl groups is 1. The first kappa shape index (κ1) is 13.6. The van der Waals surface area contributed by atoms with Crippen molar-refractivity contribution >= 4 is 29.3 Å². The maximum atomic E-state index is 11.8. The zero-order chi connectivity index (χ0) is 13.0. The van der Waals surface area contributed by atoms with Gasteiger partial charge in [0.25, 0.3) is 5.91 Å². The minimum absolute atomic E-state index is 0.231. The molecular formula is C12H15ClN2O2S. The van der Waals surface area contributed by atoms with E-state index in [4.69, 9.17) is 11.6 Å². The predicted molar refractivity (Wildman–Crippen MR) is 73.1 cm³/mol. The van der Waals surface area contributed by atoms with Gasteiger partial charge in [0.05, 0.1) is 11.2 Å². The van der Waals surface area contributed by atoms with Gasteiger partial charge < -0.3 is 10.4 Å². The van der Waals surface area contributed by atoms with Crippen molar-refractivity contribution in [2.24, 2.45) is 0 Å². The lowest BCUT2D eigenvalue weighted by Gasteiger charge is -2.31. The van der Waals surface area contributed by atoms with Crippen LogP contribution in [-0.4, -0.2) is 39.6 Å². The SMILES string of the molecule is O=C(NCC1(O)CCSCC1)c1ccc(Cl)nc1. The van der Waals surface area contributed by atoms with E-state index in [9.17, 15) is 9.90 Å². The molecule has 1 amide bonds. The van der Waals surface area contributed by atoms with Crippen LogP contribution in [0.5, 0.6) is 0 Å². The Balaban J connectivity index is 1.89. The van der Waals surface area contributed by atoms with Gasteiger partial charge >= 0.3 is 0 Å². The van der Waals surface area contributed by atoms with Crippen LogP contribution in [-0.2, 0) is 0 Å². The summed E-state index contributed by atoms with van der Waals surface area (Å²) in [5.74, 6) is 1.65. The molecule has 4 nitrogen and oxygen atoms in total. The van der Waals surface area contributed by atoms with Crippen LogP contribution in [0, 0.1) is 0 Å². The molecule has 0 spiro atoms. The Kier molecular flexibility index (Phi) is 4.48. The summed E-state index contributed by atoms with van der Waals surface area (Å²) in [7, 11) is 0. The maximum Gasteiger partial charge on any atom is 0.252 e. The number of carbonyl (C=O) groups is 1. The van der Waals surface area contributed by atoms with Gasteiger partial charge in [-0.15, -0.1) is 0 Å². The Hall–Kier alpha value is -0.780. The van der Waals surface area contributed by atoms with Gasteiger partial charge in [0.2, 0.25) is 0 Å². The molecule has 1 aromatic heterocycles. The molecule has 0 aliphatic carbocycles. The van der Waals surface area contributed by atoms with Crippen LogP contribution in [0.2, 0.25) is 5.15 Å². The molecule has 6 heteroatoms. The standard InChI is InChI=1S/C12H15ClN2O2S/c13-10-2-1-9(7-14-10)11(16)15-8-12(17)3-5-18-6-4-12/h1-2,7,17H,3-6,8H2,(H,15,16). The van der Waals surface area contributed by atoms with Crippen LogP contribution in [0.1, 0.15) is 23.2 Å². The van der Waals surface area contributed by atoms with Gasteiger partial charge in [-0.25, -0.2) is 4.98 Å². The van der Waals surface area contributed by atoms with Crippen LogP contribution in [0.4, 0.5) is 0 Å². The summed E-state index contributed by atoms with van der Waals surface area (Å²) in [4.78, 5) is 15.7. The van der Waals surface area contributed by atoms with Crippen LogP contribution in [0.25, 0.3) is 0 Å². The summed E-state index contributed by atoms with van der Waals surface area (Å²) in [5, 5.41) is 13.3. The zero-order valence-corrected chi connectivity index (χ0v) is 11.4. The minimum atomic E-state index is -0.763. The number of rotatable bonds is 3. The van der Waals surface area contributed by atoms with E-state index >= 15 is 0 Å². The number of halogens is 1. The van der Waals surface area contributed by atoms with Gasteiger partial charge in [-0.2, -0.15) is 11.8 Å². The molecule has 0 bridgehead atoms. The summed E-state index contributed by atoms with van der Waals surface area (Å²) in [6.07, 6.45) is 2.87. The second kappa shape index (κ2) is 5.91. The van der Waals surface area contributed by atoms with Gasteiger partial charge in [-0.05, 0) is 36.5 Å². The number of carbonyl (C=O) groups excluding carboxylic acids is 1. The third-order valence-corrected chi connectivity index (χ3v) is 4.20. The van der Waals surface area contributed by atoms with Gasteiger partial charge in [0.15, 0.2) is 0 Å². The third kappa shape index (κ3) is 3.60. The van der Waals surface area contributed by atoms with E-state index in [2.05, 4.69) is 10.3 Å². The molecule has 18 heavy (non-hydrogen) atoms. The fourth-order valence-corrected chi connectivity index (χ4v) is 3.15. The van der Waals surface area contributed by atoms with E-state index in [-0.39, 0.29) is 12.5 Å². The highest BCUT2D eigenvalue weighted by Gasteiger charge is 2.29. The molecule has 0 aromatic carbocycles. The maximum absolute atomic E-state index is 11.8. The average Bonchev–Trinajstić information content (AvgIpc) is 2.38. The molecule has 1 aliphatic rings. The topological polar surface area (TPSA) is 62.2 Å². The van der Waals surface area contributed by atoms with Crippen molar-refractivity contribution in [1.29, 1.82) is 0 Å². The number of hydrogen-bond acceptors (Lipinski definition) is 4. The lowest BCUT2D eigenvalue weighted by Crippen LogP contribution is -2.45. The fraction of sp³-hybridized carbons (Fsp3) is 0.500. The van der Waals surface area contributed by atoms with E-state index in [0.717, 1.165) is 24.3 Å².